The third kappa shape index (κ3) is 13.6. The van der Waals surface area contributed by atoms with Crippen molar-refractivity contribution in [2.45, 2.75) is 269 Å². The van der Waals surface area contributed by atoms with Crippen LogP contribution in [0, 0.1) is 51.8 Å². The third-order valence-corrected chi connectivity index (χ3v) is 37.7. The summed E-state index contributed by atoms with van der Waals surface area (Å²) in [5.41, 5.74) is 23.0. The van der Waals surface area contributed by atoms with Crippen LogP contribution in [0.15, 0.2) is 146 Å². The number of carbonyl (C=O) groups excluding carboxylic acids is 3. The van der Waals surface area contributed by atoms with Gasteiger partial charge in [-0.2, -0.15) is 0 Å². The largest absolute Gasteiger partial charge is 0.504 e. The number of methoxy groups -OCH3 is 5. The summed E-state index contributed by atoms with van der Waals surface area (Å²) in [6, 6.07) is 48.8. The summed E-state index contributed by atoms with van der Waals surface area (Å²) >= 11 is 0. The number of hydrogen-bond donors (Lipinski definition) is 6. The molecule has 23 nitrogen and oxygen atoms in total. The van der Waals surface area contributed by atoms with Gasteiger partial charge in [0.1, 0.15) is 71.5 Å². The summed E-state index contributed by atoms with van der Waals surface area (Å²) in [6.07, 6.45) is 23.6. The maximum absolute atomic E-state index is 14.2. The van der Waals surface area contributed by atoms with Gasteiger partial charge in [0.15, 0.2) is 34.5 Å². The quantitative estimate of drug-likeness (QED) is 0.0254. The van der Waals surface area contributed by atoms with Crippen molar-refractivity contribution >= 4 is 17.9 Å². The number of carbonyl (C=O) groups is 3. The van der Waals surface area contributed by atoms with Crippen LogP contribution >= 0.6 is 0 Å². The molecule has 12 saturated carbocycles. The lowest BCUT2D eigenvalue weighted by Crippen LogP contribution is -2.81. The molecule has 7 aromatic rings. The van der Waals surface area contributed by atoms with Crippen molar-refractivity contribution in [3.63, 3.8) is 0 Å². The minimum atomic E-state index is -0.806. The highest BCUT2D eigenvalue weighted by atomic mass is 16.6. The number of nitrogens with two attached hydrogens (primary N) is 2. The molecular formula is C111H138N8O15. The summed E-state index contributed by atoms with van der Waals surface area (Å²) < 4.78 is 70.7. The van der Waals surface area contributed by atoms with E-state index in [4.69, 9.17) is 63.6 Å². The number of benzene rings is 7. The molecule has 23 heteroatoms. The van der Waals surface area contributed by atoms with Crippen molar-refractivity contribution in [2.24, 2.45) is 63.2 Å². The Balaban J connectivity index is 0.000000116. The van der Waals surface area contributed by atoms with Crippen LogP contribution in [-0.2, 0) is 90.1 Å². The topological polar surface area (TPSA) is 271 Å². The standard InChI is InChI=1S/C46H57N3O7.C33H41N3O4.C32H40N2O4/c1-43(2,3)56-42(51)48-35(23-29-9-7-6-8-10-29)40(50)47-26-33-25-44-19-20-46(33,53-5)41-45(44)21-22-49(27-30-11-12-30)37(44)24-32-15-18-36(39(55-41)38(32)45)54-28-31-13-16-34(52-4)17-14-31;1-39-33-12-11-31(17-23(33)18-35-29(38)24(34)15-20-5-3-2-4-6-20)26-16-22-9-10-25(37)28-27(22)32(31,30(33)40-28)13-14-36(26)19-21-7-8-21;1-35-24-8-5-21(6-9-24)19-37-25-10-7-22-15-26-30-11-12-32(36-2,23(16-30)17-33)29-31(30,27(22)28(25)38-29)13-14-34(26)18-20-3-4-20/h6-10,13-18,30,33,35,37,41H,11-12,19-28H2,1-5H3,(H,47,50)(H,48,51);2-6,9-10,21,23-24,26,30,37H,7-8,11-19,34H2,1H3,(H,35,38);5-10,20,23,26,29H,3-4,11-19,33H2,1-2H3/t33-,35+,37-,41?,44-,45+,46?;23-,24+,26-,30?,31-,32+,33?;23-,26-,29?,30-,31+,32?/m111/s1. The van der Waals surface area contributed by atoms with Crippen molar-refractivity contribution in [1.82, 2.24) is 30.7 Å². The average Bonchev–Trinajstić information content (AvgIpc) is 1.60. The van der Waals surface area contributed by atoms with E-state index in [-0.39, 0.29) is 85.8 Å². The van der Waals surface area contributed by atoms with Crippen molar-refractivity contribution in [3.8, 4) is 46.0 Å². The van der Waals surface area contributed by atoms with E-state index in [1.807, 2.05) is 145 Å². The van der Waals surface area contributed by atoms with E-state index in [0.29, 0.717) is 75.5 Å². The zero-order valence-electron chi connectivity index (χ0n) is 79.6. The molecule has 0 aromatic heterocycles. The van der Waals surface area contributed by atoms with E-state index >= 15 is 0 Å². The molecule has 7 aromatic carbocycles. The van der Waals surface area contributed by atoms with E-state index in [1.165, 1.54) is 91.4 Å². The molecule has 6 spiro atoms. The van der Waals surface area contributed by atoms with Crippen molar-refractivity contribution in [1.29, 1.82) is 0 Å². The Kier molecular flexibility index (Phi) is 22.1. The lowest BCUT2D eigenvalue weighted by atomic mass is 9.35. The average molecular weight is 1820 g/mol. The predicted molar refractivity (Wildman–Crippen MR) is 508 cm³/mol. The predicted octanol–water partition coefficient (Wildman–Crippen LogP) is 14.5. The second kappa shape index (κ2) is 33.3. The highest BCUT2D eigenvalue weighted by Gasteiger charge is 2.84. The van der Waals surface area contributed by atoms with Gasteiger partial charge in [-0.05, 0) is 287 Å². The minimum Gasteiger partial charge on any atom is -0.504 e. The first-order chi connectivity index (χ1) is 65.0. The normalized spacial score (nSPS) is 34.6. The molecule has 12 bridgehead atoms. The number of likely N-dealkylation sites (tertiary alicyclic amines) is 3. The molecular weight excluding hydrogens is 1690 g/mol. The number of alkyl carbamates (subject to hydrolysis) is 1. The molecule has 6 aliphatic heterocycles. The van der Waals surface area contributed by atoms with Gasteiger partial charge in [-0.3, -0.25) is 24.3 Å². The lowest BCUT2D eigenvalue weighted by Gasteiger charge is -2.74. The molecule has 3 amide bonds. The van der Waals surface area contributed by atoms with Gasteiger partial charge in [0.2, 0.25) is 11.8 Å². The fourth-order valence-electron chi connectivity index (χ4n) is 31.5. The molecule has 0 radical (unpaired) electrons. The Hall–Kier alpha value is -9.17. The van der Waals surface area contributed by atoms with Crippen LogP contribution in [0.2, 0.25) is 0 Å². The first kappa shape index (κ1) is 88.8. The number of fused-ring (bicyclic) bond motifs is 6. The second-order valence-corrected chi connectivity index (χ2v) is 44.8. The summed E-state index contributed by atoms with van der Waals surface area (Å²) in [5, 5.41) is 20.5. The van der Waals surface area contributed by atoms with E-state index in [0.717, 1.165) is 191 Å². The molecule has 712 valence electrons. The number of amides is 3. The van der Waals surface area contributed by atoms with E-state index in [9.17, 15) is 19.5 Å². The maximum Gasteiger partial charge on any atom is 0.408 e. The molecule has 134 heavy (non-hydrogen) atoms. The number of hydrogen-bond acceptors (Lipinski definition) is 20. The highest BCUT2D eigenvalue weighted by molar-refractivity contribution is 5.86. The zero-order chi connectivity index (χ0) is 91.9. The number of rotatable bonds is 29. The Labute approximate surface area is 789 Å². The van der Waals surface area contributed by atoms with Gasteiger partial charge >= 0.3 is 6.09 Å². The summed E-state index contributed by atoms with van der Waals surface area (Å²) in [6.45, 7) is 14.9. The molecule has 15 fully saturated rings. The van der Waals surface area contributed by atoms with Crippen LogP contribution in [0.4, 0.5) is 4.79 Å². The lowest BCUT2D eigenvalue weighted by molar-refractivity contribution is -0.276. The van der Waals surface area contributed by atoms with Crippen molar-refractivity contribution in [3.05, 3.63) is 201 Å². The number of nitrogens with one attached hydrogen (secondary N) is 3. The van der Waals surface area contributed by atoms with Gasteiger partial charge in [-0.25, -0.2) is 4.79 Å². The number of phenols is 1. The molecule has 3 saturated heterocycles. The van der Waals surface area contributed by atoms with Gasteiger partial charge in [-0.1, -0.05) is 103 Å². The van der Waals surface area contributed by atoms with Gasteiger partial charge in [0.05, 0.1) is 20.3 Å². The number of aromatic hydroxyl groups is 1. The van der Waals surface area contributed by atoms with Crippen molar-refractivity contribution < 1.29 is 71.6 Å². The Bertz CT molecular complexity index is 5640. The van der Waals surface area contributed by atoms with Crippen LogP contribution in [-0.4, -0.2) is 203 Å². The van der Waals surface area contributed by atoms with Gasteiger partial charge in [-0.15, -0.1) is 0 Å². The minimum absolute atomic E-state index is 0.00131. The number of nitrogens with zero attached hydrogens (tertiary/aromatic N) is 3. The highest BCUT2D eigenvalue weighted by Crippen LogP contribution is 2.81. The number of phenolic OH excluding ortho intramolecular Hbond substituents is 1. The van der Waals surface area contributed by atoms with Gasteiger partial charge in [0.25, 0.3) is 0 Å². The van der Waals surface area contributed by atoms with Gasteiger partial charge < -0.3 is 84.6 Å². The molecule has 15 aliphatic carbocycles. The number of ether oxygens (including phenoxy) is 11. The van der Waals surface area contributed by atoms with Crippen LogP contribution in [0.3, 0.4) is 0 Å². The SMILES string of the molecule is COC12CC[C@@]3(C[C@@H]1CNC(=O)[C@@H](N)Cc1ccccc1)[C@H]1Cc4ccc(O)c5c4[C@@]3(CCN1CC1CC1)C2O5.COc1ccc(COc2ccc3c4c2OC2C5(OC)CC[C@@]6(C[C@@H]5CN)[C@@H](C3)N(CC3CC3)CC[C@]426)cc1.COc1ccc(COc2ccc3c4c2OC2C5(OC)CC[C@@]6(C[C@@H]5CNC(=O)[C@H](Cc5ccccc5)NC(=O)OC(C)(C)C)[C@@H](C3)N(CC3CC3)CC[C@]426)cc1. The number of piperidine rings is 3. The fourth-order valence-corrected chi connectivity index (χ4v) is 31.5. The van der Waals surface area contributed by atoms with Crippen LogP contribution in [0.5, 0.6) is 46.0 Å². The smallest absolute Gasteiger partial charge is 0.408 e. The first-order valence-electron chi connectivity index (χ1n) is 50.6. The molecule has 21 aliphatic rings. The second-order valence-electron chi connectivity index (χ2n) is 44.8. The maximum atomic E-state index is 14.2. The molecule has 6 heterocycles. The molecule has 8 N–H and O–H groups in total. The zero-order valence-corrected chi connectivity index (χ0v) is 79.6. The Morgan fingerprint density at radius 3 is 1.25 bits per heavy atom. The van der Waals surface area contributed by atoms with E-state index in [2.05, 4.69) is 73.1 Å². The molecule has 20 atom stereocenters. The fraction of sp³-hybridized carbons (Fsp3) is 0.595. The van der Waals surface area contributed by atoms with Crippen molar-refractivity contribution in [2.75, 3.05) is 94.5 Å². The Morgan fingerprint density at radius 2 is 0.851 bits per heavy atom. The summed E-state index contributed by atoms with van der Waals surface area (Å²) in [4.78, 5) is 49.0. The summed E-state index contributed by atoms with van der Waals surface area (Å²) in [7, 11) is 8.92. The van der Waals surface area contributed by atoms with Crippen LogP contribution < -0.4 is 60.6 Å². The molecule has 28 rings (SSSR count). The van der Waals surface area contributed by atoms with E-state index in [1.54, 1.807) is 14.2 Å². The van der Waals surface area contributed by atoms with Crippen LogP contribution in [0.1, 0.15) is 192 Å². The molecule has 6 unspecified atom stereocenters. The monoisotopic (exact) mass is 1820 g/mol. The van der Waals surface area contributed by atoms with Crippen LogP contribution in [0.25, 0.3) is 0 Å². The summed E-state index contributed by atoms with van der Waals surface area (Å²) in [5.74, 6) is 8.76. The van der Waals surface area contributed by atoms with Gasteiger partial charge in [0, 0.05) is 146 Å². The first-order valence-corrected chi connectivity index (χ1v) is 50.6. The Morgan fingerprint density at radius 1 is 0.463 bits per heavy atom. The third-order valence-electron chi connectivity index (χ3n) is 37.7. The van der Waals surface area contributed by atoms with E-state index < -0.39 is 35.0 Å².